The first-order chi connectivity index (χ1) is 33.6. The first kappa shape index (κ1) is 64.1. The van der Waals surface area contributed by atoms with Crippen LogP contribution in [-0.2, 0) is 0 Å². The lowest BCUT2D eigenvalue weighted by molar-refractivity contribution is 0.827. The van der Waals surface area contributed by atoms with Gasteiger partial charge in [0.1, 0.15) is 0 Å². The maximum Gasteiger partial charge on any atom is 0.0785 e. The maximum absolute atomic E-state index is 7.04. The molecular formula is C64H100Cl2N2Si8. The largest absolute Gasteiger partial charge is 0.398 e. The van der Waals surface area contributed by atoms with Gasteiger partial charge < -0.3 is 11.5 Å². The SMILES string of the molecule is C[Si](C)(C)C1=CC[C@@H](c2c(N)cc([Si](C)(C)C)c3cc([Si](C)(C)C)ccc23)c2ccc([Si](C)(C)C)cc21.C[Si](C)(C)C1=CC[C@@H](c2c(N)cc([Si](C)(C)C)c3cc([Si](C)(C)C)ccc23)c2ccc([Si](C)(C)C)cc21.Cl.Cl. The van der Waals surface area contributed by atoms with Crippen molar-refractivity contribution in [2.75, 3.05) is 11.5 Å². The lowest BCUT2D eigenvalue weighted by atomic mass is 9.79. The molecule has 2 nitrogen and oxygen atoms in total. The summed E-state index contributed by atoms with van der Waals surface area (Å²) in [6.45, 7) is 59.2. The number of benzene rings is 6. The minimum absolute atomic E-state index is 0. The fourth-order valence-electron chi connectivity index (χ4n) is 11.9. The highest BCUT2D eigenvalue weighted by Gasteiger charge is 2.36. The van der Waals surface area contributed by atoms with E-state index in [9.17, 15) is 0 Å². The molecule has 0 heterocycles. The number of fused-ring (bicyclic) bond motifs is 4. The Hall–Kier alpha value is -2.76. The van der Waals surface area contributed by atoms with Crippen molar-refractivity contribution < 1.29 is 0 Å². The molecule has 0 unspecified atom stereocenters. The Balaban J connectivity index is 0.000000274. The first-order valence-corrected chi connectivity index (χ1v) is 56.0. The fraction of sp³-hybridized carbons (Fsp3) is 0.438. The summed E-state index contributed by atoms with van der Waals surface area (Å²) in [7, 11) is -11.9. The smallest absolute Gasteiger partial charge is 0.0785 e. The number of hydrogen-bond acceptors (Lipinski definition) is 2. The van der Waals surface area contributed by atoms with Crippen LogP contribution in [0.25, 0.3) is 31.9 Å². The van der Waals surface area contributed by atoms with Crippen LogP contribution >= 0.6 is 24.8 Å². The van der Waals surface area contributed by atoms with Gasteiger partial charge in [0.15, 0.2) is 0 Å². The van der Waals surface area contributed by atoms with Crippen LogP contribution in [0, 0.1) is 0 Å². The van der Waals surface area contributed by atoms with Crippen molar-refractivity contribution >= 4 is 164 Å². The third-order valence-corrected chi connectivity index (χ3v) is 32.8. The molecule has 12 heteroatoms. The van der Waals surface area contributed by atoms with Gasteiger partial charge in [0, 0.05) is 23.2 Å². The van der Waals surface area contributed by atoms with Crippen molar-refractivity contribution in [1.82, 2.24) is 0 Å². The van der Waals surface area contributed by atoms with E-state index in [0.29, 0.717) is 11.8 Å². The van der Waals surface area contributed by atoms with E-state index in [1.54, 1.807) is 31.1 Å². The van der Waals surface area contributed by atoms with E-state index in [1.807, 2.05) is 0 Å². The normalized spacial score (nSPS) is 16.6. The molecule has 4 N–H and O–H groups in total. The molecule has 0 fully saturated rings. The Morgan fingerprint density at radius 3 is 0.855 bits per heavy atom. The predicted molar refractivity (Wildman–Crippen MR) is 378 cm³/mol. The maximum atomic E-state index is 7.04. The van der Waals surface area contributed by atoms with Gasteiger partial charge >= 0.3 is 0 Å². The molecule has 76 heavy (non-hydrogen) atoms. The van der Waals surface area contributed by atoms with E-state index < -0.39 is 64.6 Å². The monoisotopic (exact) mass is 1190 g/mol. The van der Waals surface area contributed by atoms with Crippen LogP contribution in [-0.4, -0.2) is 64.6 Å². The van der Waals surface area contributed by atoms with Crippen LogP contribution in [0.3, 0.4) is 0 Å². The zero-order valence-electron chi connectivity index (χ0n) is 51.8. The van der Waals surface area contributed by atoms with Gasteiger partial charge in [-0.2, -0.15) is 0 Å². The molecule has 0 saturated heterocycles. The molecule has 0 amide bonds. The standard InChI is InChI=1S/2C32H49NSi4.2ClH/c2*1-34(2,3)22-13-15-24-25(17-18-30(27(24)19-22)36(7,8)9)32-26-16-14-23(35(4,5)6)20-28(26)31(21-29(32)33)37(10,11)12;;/h2*13-16,18-21,25H,17,33H2,1-12H3;2*1H/t2*25-;;/m11../s1. The zero-order chi connectivity index (χ0) is 55.4. The fourth-order valence-corrected chi connectivity index (χ4v) is 23.3. The van der Waals surface area contributed by atoms with Gasteiger partial charge in [0.05, 0.1) is 64.6 Å². The van der Waals surface area contributed by atoms with Gasteiger partial charge in [-0.1, -0.05) is 284 Å². The number of hydrogen-bond donors (Lipinski definition) is 2. The molecule has 6 aromatic carbocycles. The van der Waals surface area contributed by atoms with E-state index >= 15 is 0 Å². The second kappa shape index (κ2) is 21.9. The van der Waals surface area contributed by atoms with Gasteiger partial charge in [-0.05, 0) is 79.9 Å². The number of rotatable bonds is 10. The minimum atomic E-state index is -1.59. The van der Waals surface area contributed by atoms with Gasteiger partial charge in [0.2, 0.25) is 0 Å². The van der Waals surface area contributed by atoms with Crippen LogP contribution in [0.5, 0.6) is 0 Å². The van der Waals surface area contributed by atoms with E-state index in [-0.39, 0.29) is 24.8 Å². The molecule has 0 radical (unpaired) electrons. The van der Waals surface area contributed by atoms with Crippen molar-refractivity contribution in [3.8, 4) is 0 Å². The third-order valence-electron chi connectivity index (χ3n) is 16.4. The lowest BCUT2D eigenvalue weighted by Gasteiger charge is -2.35. The van der Waals surface area contributed by atoms with E-state index in [4.69, 9.17) is 11.5 Å². The summed E-state index contributed by atoms with van der Waals surface area (Å²) in [4.78, 5) is 0. The number of nitrogens with two attached hydrogens (primary N) is 2. The van der Waals surface area contributed by atoms with E-state index in [1.165, 1.54) is 65.3 Å². The highest BCUT2D eigenvalue weighted by Crippen LogP contribution is 2.47. The quantitative estimate of drug-likeness (QED) is 0.106. The summed E-state index contributed by atoms with van der Waals surface area (Å²) < 4.78 is 0. The zero-order valence-corrected chi connectivity index (χ0v) is 61.4. The molecule has 2 aliphatic rings. The third kappa shape index (κ3) is 13.2. The van der Waals surface area contributed by atoms with Gasteiger partial charge in [0.25, 0.3) is 0 Å². The van der Waals surface area contributed by atoms with Crippen molar-refractivity contribution in [3.63, 3.8) is 0 Å². The van der Waals surface area contributed by atoms with E-state index in [0.717, 1.165) is 24.2 Å². The molecule has 0 saturated carbocycles. The minimum Gasteiger partial charge on any atom is -0.398 e. The van der Waals surface area contributed by atoms with Crippen LogP contribution in [0.1, 0.15) is 58.1 Å². The van der Waals surface area contributed by atoms with E-state index in [2.05, 4.69) is 254 Å². The summed E-state index contributed by atoms with van der Waals surface area (Å²) in [5, 5.41) is 18.2. The van der Waals surface area contributed by atoms with Crippen LogP contribution in [0.4, 0.5) is 11.4 Å². The summed E-state index contributed by atoms with van der Waals surface area (Å²) >= 11 is 0. The molecule has 0 aromatic heterocycles. The van der Waals surface area contributed by atoms with Crippen molar-refractivity contribution in [2.45, 2.75) is 182 Å². The molecule has 0 aliphatic heterocycles. The summed E-state index contributed by atoms with van der Waals surface area (Å²) in [6, 6.07) is 34.4. The number of nitrogen functional groups attached to an aromatic ring is 2. The van der Waals surface area contributed by atoms with Gasteiger partial charge in [-0.3, -0.25) is 0 Å². The topological polar surface area (TPSA) is 52.0 Å². The lowest BCUT2D eigenvalue weighted by Crippen LogP contribution is -2.41. The second-order valence-corrected chi connectivity index (χ2v) is 71.3. The van der Waals surface area contributed by atoms with Gasteiger partial charge in [-0.25, -0.2) is 0 Å². The number of allylic oxidation sites excluding steroid dienone is 2. The molecule has 0 spiro atoms. The molecule has 8 rings (SSSR count). The molecule has 0 bridgehead atoms. The summed E-state index contributed by atoms with van der Waals surface area (Å²) in [6.07, 6.45) is 7.25. The van der Waals surface area contributed by atoms with Crippen molar-refractivity contribution in [1.29, 1.82) is 0 Å². The summed E-state index contributed by atoms with van der Waals surface area (Å²) in [5.41, 5.74) is 24.8. The van der Waals surface area contributed by atoms with Crippen molar-refractivity contribution in [3.05, 3.63) is 130 Å². The van der Waals surface area contributed by atoms with Crippen LogP contribution in [0.15, 0.2) is 97.1 Å². The molecular weight excluding hydrogens is 1090 g/mol. The van der Waals surface area contributed by atoms with Gasteiger partial charge in [-0.15, -0.1) is 24.8 Å². The first-order valence-electron chi connectivity index (χ1n) is 28.0. The molecule has 6 aromatic rings. The number of halogens is 2. The second-order valence-electron chi connectivity index (χ2n) is 30.8. The average molecular weight is 1190 g/mol. The molecule has 412 valence electrons. The average Bonchev–Trinajstić information content (AvgIpc) is 3.25. The van der Waals surface area contributed by atoms with Crippen LogP contribution in [0.2, 0.25) is 157 Å². The Labute approximate surface area is 483 Å². The number of anilines is 2. The molecule has 2 aliphatic carbocycles. The Morgan fingerprint density at radius 1 is 0.316 bits per heavy atom. The predicted octanol–water partition coefficient (Wildman–Crippen LogP) is 16.6. The van der Waals surface area contributed by atoms with Crippen molar-refractivity contribution in [2.24, 2.45) is 0 Å². The summed E-state index contributed by atoms with van der Waals surface area (Å²) in [5.74, 6) is 0.614. The Bertz CT molecular complexity index is 3010. The highest BCUT2D eigenvalue weighted by molar-refractivity contribution is 6.95. The van der Waals surface area contributed by atoms with Crippen LogP contribution < -0.4 is 42.6 Å². The molecule has 2 atom stereocenters. The Kier molecular flexibility index (Phi) is 18.5. The highest BCUT2D eigenvalue weighted by atomic mass is 35.5. The Morgan fingerprint density at radius 2 is 0.592 bits per heavy atom.